The van der Waals surface area contributed by atoms with E-state index in [0.717, 1.165) is 38.9 Å². The van der Waals surface area contributed by atoms with E-state index in [1.165, 1.54) is 5.57 Å². The van der Waals surface area contributed by atoms with E-state index in [4.69, 9.17) is 9.47 Å². The minimum absolute atomic E-state index is 0.259. The highest BCUT2D eigenvalue weighted by molar-refractivity contribution is 5.12. The zero-order chi connectivity index (χ0) is 9.15. The first-order valence-electron chi connectivity index (χ1n) is 4.91. The second-order valence-corrected chi connectivity index (χ2v) is 3.67. The van der Waals surface area contributed by atoms with Crippen LogP contribution in [0.2, 0.25) is 0 Å². The van der Waals surface area contributed by atoms with Gasteiger partial charge in [0.15, 0.2) is 5.79 Å². The van der Waals surface area contributed by atoms with Gasteiger partial charge in [0.2, 0.25) is 0 Å². The van der Waals surface area contributed by atoms with Crippen molar-refractivity contribution in [3.8, 4) is 0 Å². The number of rotatable bonds is 2. The summed E-state index contributed by atoms with van der Waals surface area (Å²) in [6.07, 6.45) is 8.22. The maximum absolute atomic E-state index is 5.62. The predicted molar refractivity (Wildman–Crippen MR) is 51.4 cm³/mol. The summed E-state index contributed by atoms with van der Waals surface area (Å²) in [6, 6.07) is 0. The maximum Gasteiger partial charge on any atom is 0.172 e. The van der Waals surface area contributed by atoms with Crippen molar-refractivity contribution >= 4 is 0 Å². The molecule has 2 nitrogen and oxygen atoms in total. The van der Waals surface area contributed by atoms with E-state index < -0.39 is 0 Å². The molecule has 13 heavy (non-hydrogen) atoms. The highest BCUT2D eigenvalue weighted by Gasteiger charge is 2.37. The molecule has 0 radical (unpaired) electrons. The Morgan fingerprint density at radius 1 is 1.46 bits per heavy atom. The van der Waals surface area contributed by atoms with Gasteiger partial charge in [0.1, 0.15) is 0 Å². The average molecular weight is 180 g/mol. The molecule has 0 atom stereocenters. The summed E-state index contributed by atoms with van der Waals surface area (Å²) in [6.45, 7) is 5.25. The molecule has 0 aromatic heterocycles. The van der Waals surface area contributed by atoms with E-state index in [9.17, 15) is 0 Å². The van der Waals surface area contributed by atoms with Crippen LogP contribution < -0.4 is 0 Å². The standard InChI is InChI=1S/C11H16O2/c1-2-3-10-4-6-11(7-5-10)12-8-9-13-11/h2,4H,1,3,5-9H2. The Hall–Kier alpha value is -0.600. The highest BCUT2D eigenvalue weighted by atomic mass is 16.7. The van der Waals surface area contributed by atoms with Crippen LogP contribution in [0.15, 0.2) is 24.3 Å². The van der Waals surface area contributed by atoms with Crippen molar-refractivity contribution in [2.75, 3.05) is 13.2 Å². The maximum atomic E-state index is 5.62. The molecular formula is C11H16O2. The Labute approximate surface area is 79.2 Å². The van der Waals surface area contributed by atoms with Gasteiger partial charge in [0, 0.05) is 12.8 Å². The van der Waals surface area contributed by atoms with Crippen LogP contribution in [0, 0.1) is 0 Å². The van der Waals surface area contributed by atoms with Crippen molar-refractivity contribution in [3.63, 3.8) is 0 Å². The van der Waals surface area contributed by atoms with E-state index in [0.29, 0.717) is 0 Å². The number of ether oxygens (including phenoxy) is 2. The van der Waals surface area contributed by atoms with Crippen LogP contribution in [0.4, 0.5) is 0 Å². The van der Waals surface area contributed by atoms with Gasteiger partial charge in [0.05, 0.1) is 13.2 Å². The average Bonchev–Trinajstić information content (AvgIpc) is 2.59. The molecular weight excluding hydrogens is 164 g/mol. The van der Waals surface area contributed by atoms with Crippen molar-refractivity contribution in [1.82, 2.24) is 0 Å². The molecule has 0 amide bonds. The van der Waals surface area contributed by atoms with Crippen LogP contribution in [0.5, 0.6) is 0 Å². The molecule has 0 unspecified atom stereocenters. The zero-order valence-corrected chi connectivity index (χ0v) is 7.92. The molecule has 0 bridgehead atoms. The summed E-state index contributed by atoms with van der Waals surface area (Å²) in [5.41, 5.74) is 1.47. The van der Waals surface area contributed by atoms with Crippen LogP contribution in [-0.4, -0.2) is 19.0 Å². The van der Waals surface area contributed by atoms with Crippen molar-refractivity contribution in [1.29, 1.82) is 0 Å². The van der Waals surface area contributed by atoms with Crippen LogP contribution in [0.1, 0.15) is 25.7 Å². The lowest BCUT2D eigenvalue weighted by Gasteiger charge is -2.30. The largest absolute Gasteiger partial charge is 0.347 e. The van der Waals surface area contributed by atoms with Gasteiger partial charge in [-0.25, -0.2) is 0 Å². The fraction of sp³-hybridized carbons (Fsp3) is 0.636. The molecule has 1 saturated heterocycles. The number of allylic oxidation sites excluding steroid dienone is 2. The summed E-state index contributed by atoms with van der Waals surface area (Å²) in [5.74, 6) is -0.259. The highest BCUT2D eigenvalue weighted by Crippen LogP contribution is 2.35. The van der Waals surface area contributed by atoms with Crippen LogP contribution >= 0.6 is 0 Å². The first kappa shape index (κ1) is 8.97. The summed E-state index contributed by atoms with van der Waals surface area (Å²) in [4.78, 5) is 0. The van der Waals surface area contributed by atoms with E-state index in [-0.39, 0.29) is 5.79 Å². The van der Waals surface area contributed by atoms with Crippen LogP contribution in [-0.2, 0) is 9.47 Å². The fourth-order valence-electron chi connectivity index (χ4n) is 1.98. The minimum atomic E-state index is -0.259. The number of hydrogen-bond acceptors (Lipinski definition) is 2. The zero-order valence-electron chi connectivity index (χ0n) is 7.92. The third kappa shape index (κ3) is 1.84. The van der Waals surface area contributed by atoms with Gasteiger partial charge in [-0.3, -0.25) is 0 Å². The minimum Gasteiger partial charge on any atom is -0.347 e. The molecule has 2 heteroatoms. The Morgan fingerprint density at radius 3 is 2.77 bits per heavy atom. The predicted octanol–water partition coefficient (Wildman–Crippen LogP) is 2.42. The van der Waals surface area contributed by atoms with Gasteiger partial charge in [-0.1, -0.05) is 17.7 Å². The van der Waals surface area contributed by atoms with Crippen molar-refractivity contribution in [2.45, 2.75) is 31.5 Å². The first-order valence-corrected chi connectivity index (χ1v) is 4.91. The smallest absolute Gasteiger partial charge is 0.172 e. The summed E-state index contributed by atoms with van der Waals surface area (Å²) >= 11 is 0. The van der Waals surface area contributed by atoms with Gasteiger partial charge in [-0.15, -0.1) is 6.58 Å². The topological polar surface area (TPSA) is 18.5 Å². The molecule has 1 aliphatic carbocycles. The summed E-state index contributed by atoms with van der Waals surface area (Å²) in [7, 11) is 0. The quantitative estimate of drug-likeness (QED) is 0.607. The van der Waals surface area contributed by atoms with Gasteiger partial charge >= 0.3 is 0 Å². The normalized spacial score (nSPS) is 26.0. The second-order valence-electron chi connectivity index (χ2n) is 3.67. The van der Waals surface area contributed by atoms with Gasteiger partial charge in [0.25, 0.3) is 0 Å². The second kappa shape index (κ2) is 3.64. The molecule has 0 aromatic carbocycles. The molecule has 0 aromatic rings. The molecule has 0 N–H and O–H groups in total. The first-order chi connectivity index (χ1) is 6.35. The Morgan fingerprint density at radius 2 is 2.23 bits per heavy atom. The van der Waals surface area contributed by atoms with Crippen LogP contribution in [0.3, 0.4) is 0 Å². The Balaban J connectivity index is 1.97. The lowest BCUT2D eigenvalue weighted by atomic mass is 9.92. The summed E-state index contributed by atoms with van der Waals surface area (Å²) < 4.78 is 11.2. The van der Waals surface area contributed by atoms with E-state index in [2.05, 4.69) is 12.7 Å². The molecule has 2 aliphatic rings. The molecule has 0 saturated carbocycles. The monoisotopic (exact) mass is 180 g/mol. The molecule has 2 rings (SSSR count). The van der Waals surface area contributed by atoms with Crippen molar-refractivity contribution in [2.24, 2.45) is 0 Å². The lowest BCUT2D eigenvalue weighted by Crippen LogP contribution is -2.31. The SMILES string of the molecule is C=CCC1=CCC2(CC1)OCCO2. The Kier molecular flexibility index (Phi) is 2.51. The van der Waals surface area contributed by atoms with Gasteiger partial charge in [-0.05, 0) is 12.8 Å². The summed E-state index contributed by atoms with van der Waals surface area (Å²) in [5, 5.41) is 0. The number of hydrogen-bond donors (Lipinski definition) is 0. The molecule has 72 valence electrons. The molecule has 1 aliphatic heterocycles. The van der Waals surface area contributed by atoms with E-state index in [1.54, 1.807) is 0 Å². The third-order valence-corrected chi connectivity index (χ3v) is 2.75. The third-order valence-electron chi connectivity index (χ3n) is 2.75. The van der Waals surface area contributed by atoms with Gasteiger partial charge < -0.3 is 9.47 Å². The Bertz CT molecular complexity index is 224. The fourth-order valence-corrected chi connectivity index (χ4v) is 1.98. The van der Waals surface area contributed by atoms with Crippen molar-refractivity contribution in [3.05, 3.63) is 24.3 Å². The van der Waals surface area contributed by atoms with E-state index in [1.807, 2.05) is 6.08 Å². The lowest BCUT2D eigenvalue weighted by molar-refractivity contribution is -0.161. The molecule has 1 fully saturated rings. The van der Waals surface area contributed by atoms with Gasteiger partial charge in [-0.2, -0.15) is 0 Å². The van der Waals surface area contributed by atoms with E-state index >= 15 is 0 Å². The van der Waals surface area contributed by atoms with Crippen LogP contribution in [0.25, 0.3) is 0 Å². The molecule has 1 heterocycles. The molecule has 1 spiro atoms. The van der Waals surface area contributed by atoms with Crippen molar-refractivity contribution < 1.29 is 9.47 Å².